The summed E-state index contributed by atoms with van der Waals surface area (Å²) in [6, 6.07) is 11.5. The topological polar surface area (TPSA) is 163 Å². The fourth-order valence-corrected chi connectivity index (χ4v) is 6.41. The number of amides is 3. The smallest absolute Gasteiger partial charge is 0.408 e. The maximum absolute atomic E-state index is 14.0. The van der Waals surface area contributed by atoms with Gasteiger partial charge in [-0.3, -0.25) is 19.2 Å². The highest BCUT2D eigenvalue weighted by Crippen LogP contribution is 2.45. The molecule has 6 atom stereocenters. The van der Waals surface area contributed by atoms with Gasteiger partial charge in [0.2, 0.25) is 15.9 Å². The molecule has 0 aromatic heterocycles. The molecule has 46 heavy (non-hydrogen) atoms. The number of likely N-dealkylation sites (tertiary alicyclic amines) is 1. The van der Waals surface area contributed by atoms with Crippen LogP contribution >= 0.6 is 0 Å². The molecule has 2 fully saturated rings. The van der Waals surface area contributed by atoms with E-state index in [0.717, 1.165) is 17.0 Å². The number of benzene rings is 2. The quantitative estimate of drug-likeness (QED) is 0.281. The number of hydrogen-bond donors (Lipinski definition) is 4. The number of ether oxygens (including phenoxy) is 2. The monoisotopic (exact) mass is 658 g/mol. The largest absolute Gasteiger partial charge is 0.488 e. The van der Waals surface area contributed by atoms with Gasteiger partial charge in [0.05, 0.1) is 18.3 Å². The molecule has 0 radical (unpaired) electrons. The van der Waals surface area contributed by atoms with Crippen LogP contribution in [0.1, 0.15) is 54.4 Å². The zero-order chi connectivity index (χ0) is 34.2. The van der Waals surface area contributed by atoms with Crippen LogP contribution in [0.5, 0.6) is 5.75 Å². The van der Waals surface area contributed by atoms with Gasteiger partial charge >= 0.3 is 6.09 Å². The molecule has 12 nitrogen and oxygen atoms in total. The minimum Gasteiger partial charge on any atom is -0.488 e. The Bertz CT molecular complexity index is 1590. The first-order valence-corrected chi connectivity index (χ1v) is 17.2. The van der Waals surface area contributed by atoms with Gasteiger partial charge in [-0.25, -0.2) is 13.2 Å². The summed E-state index contributed by atoms with van der Waals surface area (Å²) in [6.07, 6.45) is 0.000219. The Morgan fingerprint density at radius 3 is 2.33 bits per heavy atom. The minimum absolute atomic E-state index is 0.110. The van der Waals surface area contributed by atoms with Crippen LogP contribution < -0.4 is 20.1 Å². The van der Waals surface area contributed by atoms with Crippen LogP contribution in [0.25, 0.3) is 10.8 Å². The van der Waals surface area contributed by atoms with Gasteiger partial charge in [0.25, 0.3) is 5.91 Å². The lowest BCUT2D eigenvalue weighted by Crippen LogP contribution is -2.62. The number of fused-ring (bicyclic) bond motifs is 1. The highest BCUT2D eigenvalue weighted by atomic mass is 32.2. The summed E-state index contributed by atoms with van der Waals surface area (Å²) >= 11 is 0. The van der Waals surface area contributed by atoms with Crippen molar-refractivity contribution in [2.24, 2.45) is 11.3 Å². The number of aliphatic hydroxyl groups is 1. The first-order chi connectivity index (χ1) is 21.2. The van der Waals surface area contributed by atoms with Crippen LogP contribution in [0.4, 0.5) is 4.79 Å². The van der Waals surface area contributed by atoms with E-state index in [1.54, 1.807) is 25.7 Å². The Kier molecular flexibility index (Phi) is 9.82. The summed E-state index contributed by atoms with van der Waals surface area (Å²) in [4.78, 5) is 41.5. The highest BCUT2D eigenvalue weighted by molar-refractivity contribution is 7.89. The zero-order valence-corrected chi connectivity index (χ0v) is 28.3. The minimum atomic E-state index is -3.90. The van der Waals surface area contributed by atoms with Crippen LogP contribution in [-0.2, 0) is 24.3 Å². The van der Waals surface area contributed by atoms with E-state index in [1.807, 2.05) is 68.0 Å². The molecule has 4 rings (SSSR count). The van der Waals surface area contributed by atoms with E-state index >= 15 is 0 Å². The van der Waals surface area contributed by atoms with E-state index in [-0.39, 0.29) is 19.4 Å². The van der Waals surface area contributed by atoms with E-state index in [4.69, 9.17) is 9.47 Å². The van der Waals surface area contributed by atoms with E-state index in [2.05, 4.69) is 17.2 Å². The molecule has 4 N–H and O–H groups in total. The van der Waals surface area contributed by atoms with Gasteiger partial charge in [-0.1, -0.05) is 63.2 Å². The van der Waals surface area contributed by atoms with Crippen molar-refractivity contribution in [1.82, 2.24) is 20.3 Å². The van der Waals surface area contributed by atoms with Gasteiger partial charge in [0.1, 0.15) is 29.2 Å². The standard InChI is InChI=1S/C33H46N4O8S/c1-9-21-18-33(21,29(40)36-46(8,42)43)35-27(38)24-17-22(44-25-16-12-14-20-13-10-11-15-23(20)25)19-37(24)28(39)26(31(2,3)4)34-30(41)45-32(5,6)7/h9-16,21-22,24,26,28,39H,1,17-19H2,2-8H3,(H,34,41)(H,35,38)(H,36,40)/t21-,22+,24-,26+,28?,33-/m0/s1. The second-order valence-corrected chi connectivity index (χ2v) is 16.0. The van der Waals surface area contributed by atoms with Crippen LogP contribution in [0.3, 0.4) is 0 Å². The van der Waals surface area contributed by atoms with Gasteiger partial charge in [-0.15, -0.1) is 6.58 Å². The first-order valence-electron chi connectivity index (χ1n) is 15.3. The average molecular weight is 659 g/mol. The Hall–Kier alpha value is -3.68. The van der Waals surface area contributed by atoms with Crippen molar-refractivity contribution in [3.63, 3.8) is 0 Å². The predicted octanol–water partition coefficient (Wildman–Crippen LogP) is 3.06. The average Bonchev–Trinajstić information content (AvgIpc) is 3.48. The van der Waals surface area contributed by atoms with Gasteiger partial charge in [-0.05, 0) is 44.1 Å². The molecule has 2 aliphatic rings. The summed E-state index contributed by atoms with van der Waals surface area (Å²) in [5, 5.41) is 19.3. The first kappa shape index (κ1) is 35.2. The molecule has 1 heterocycles. The molecular weight excluding hydrogens is 612 g/mol. The van der Waals surface area contributed by atoms with Crippen molar-refractivity contribution >= 4 is 38.7 Å². The SMILES string of the molecule is C=C[C@H]1C[C@@]1(NC(=O)[C@@H]1C[C@@H](Oc2cccc3ccccc23)CN1C(O)[C@@H](NC(=O)OC(C)(C)C)C(C)(C)C)C(=O)NS(C)(=O)=O. The normalized spacial score (nSPS) is 24.8. The maximum Gasteiger partial charge on any atom is 0.408 e. The summed E-state index contributed by atoms with van der Waals surface area (Å²) in [5.74, 6) is -1.34. The summed E-state index contributed by atoms with van der Waals surface area (Å²) in [7, 11) is -3.90. The van der Waals surface area contributed by atoms with Crippen LogP contribution in [0.15, 0.2) is 55.1 Å². The lowest BCUT2D eigenvalue weighted by Gasteiger charge is -2.40. The molecule has 2 aromatic rings. The molecular formula is C33H46N4O8S. The van der Waals surface area contributed by atoms with Crippen molar-refractivity contribution in [1.29, 1.82) is 0 Å². The molecule has 1 aliphatic heterocycles. The van der Waals surface area contributed by atoms with Gasteiger partial charge in [0.15, 0.2) is 0 Å². The molecule has 0 spiro atoms. The molecule has 2 aromatic carbocycles. The highest BCUT2D eigenvalue weighted by Gasteiger charge is 2.61. The van der Waals surface area contributed by atoms with Gasteiger partial charge in [0, 0.05) is 24.3 Å². The molecule has 1 saturated heterocycles. The molecule has 3 amide bonds. The molecule has 0 bridgehead atoms. The third-order valence-corrected chi connectivity index (χ3v) is 8.78. The van der Waals surface area contributed by atoms with Crippen molar-refractivity contribution in [2.45, 2.75) is 89.9 Å². The molecule has 252 valence electrons. The number of aliphatic hydroxyl groups excluding tert-OH is 1. The number of carbonyl (C=O) groups is 3. The molecule has 13 heteroatoms. The predicted molar refractivity (Wildman–Crippen MR) is 174 cm³/mol. The van der Waals surface area contributed by atoms with Crippen molar-refractivity contribution < 1.29 is 37.4 Å². The second kappa shape index (κ2) is 12.8. The van der Waals surface area contributed by atoms with Crippen molar-refractivity contribution in [3.05, 3.63) is 55.1 Å². The number of carbonyl (C=O) groups excluding carboxylic acids is 3. The van der Waals surface area contributed by atoms with E-state index < -0.39 is 74.8 Å². The van der Waals surface area contributed by atoms with Crippen LogP contribution in [0.2, 0.25) is 0 Å². The van der Waals surface area contributed by atoms with Gasteiger partial charge < -0.3 is 25.2 Å². The Morgan fingerprint density at radius 1 is 1.09 bits per heavy atom. The number of alkyl carbamates (subject to hydrolysis) is 1. The molecule has 1 unspecified atom stereocenters. The van der Waals surface area contributed by atoms with E-state index in [0.29, 0.717) is 5.75 Å². The summed E-state index contributed by atoms with van der Waals surface area (Å²) < 4.78 is 37.6. The van der Waals surface area contributed by atoms with Crippen LogP contribution in [-0.4, -0.2) is 84.7 Å². The van der Waals surface area contributed by atoms with Crippen LogP contribution in [0, 0.1) is 11.3 Å². The zero-order valence-electron chi connectivity index (χ0n) is 27.5. The molecule has 1 saturated carbocycles. The van der Waals surface area contributed by atoms with E-state index in [1.165, 1.54) is 6.08 Å². The van der Waals surface area contributed by atoms with Crippen molar-refractivity contribution in [2.75, 3.05) is 12.8 Å². The van der Waals surface area contributed by atoms with Crippen molar-refractivity contribution in [3.8, 4) is 5.75 Å². The fraction of sp³-hybridized carbons (Fsp3) is 0.545. The number of rotatable bonds is 10. The van der Waals surface area contributed by atoms with E-state index in [9.17, 15) is 27.9 Å². The fourth-order valence-electron chi connectivity index (χ4n) is 5.90. The Labute approximate surface area is 270 Å². The van der Waals surface area contributed by atoms with Gasteiger partial charge in [-0.2, -0.15) is 0 Å². The number of nitrogens with one attached hydrogen (secondary N) is 3. The third kappa shape index (κ3) is 8.18. The number of sulfonamides is 1. The number of nitrogens with zero attached hydrogens (tertiary/aromatic N) is 1. The molecule has 1 aliphatic carbocycles. The number of hydrogen-bond acceptors (Lipinski definition) is 9. The maximum atomic E-state index is 14.0. The second-order valence-electron chi connectivity index (χ2n) is 14.3. The Balaban J connectivity index is 1.66. The summed E-state index contributed by atoms with van der Waals surface area (Å²) in [5.41, 5.74) is -2.98. The third-order valence-electron chi connectivity index (χ3n) is 8.22. The summed E-state index contributed by atoms with van der Waals surface area (Å²) in [6.45, 7) is 14.6. The lowest BCUT2D eigenvalue weighted by molar-refractivity contribution is -0.136. The Morgan fingerprint density at radius 2 is 1.74 bits per heavy atom. The lowest BCUT2D eigenvalue weighted by atomic mass is 9.85.